The smallest absolute Gasteiger partial charge is 0.272 e. The summed E-state index contributed by atoms with van der Waals surface area (Å²) in [7, 11) is 0. The van der Waals surface area contributed by atoms with Crippen LogP contribution in [0.25, 0.3) is 0 Å². The van der Waals surface area contributed by atoms with Gasteiger partial charge < -0.3 is 10.6 Å². The fourth-order valence-corrected chi connectivity index (χ4v) is 2.87. The van der Waals surface area contributed by atoms with Gasteiger partial charge >= 0.3 is 0 Å². The number of carbonyl (C=O) groups is 1. The summed E-state index contributed by atoms with van der Waals surface area (Å²) in [5.74, 6) is 0.00751. The largest absolute Gasteiger partial charge is 0.399 e. The molecular weight excluding hydrogens is 238 g/mol. The van der Waals surface area contributed by atoms with Gasteiger partial charge in [0, 0.05) is 25.0 Å². The Morgan fingerprint density at radius 3 is 2.53 bits per heavy atom. The molecule has 4 nitrogen and oxygen atoms in total. The second-order valence-corrected chi connectivity index (χ2v) is 5.47. The first-order chi connectivity index (χ1) is 9.10. The van der Waals surface area contributed by atoms with Crippen LogP contribution in [0.1, 0.15) is 50.0 Å². The van der Waals surface area contributed by atoms with Gasteiger partial charge in [-0.1, -0.05) is 26.7 Å². The van der Waals surface area contributed by atoms with Crippen molar-refractivity contribution in [2.75, 3.05) is 18.8 Å². The fraction of sp³-hybridized carbons (Fsp3) is 0.600. The molecule has 0 radical (unpaired) electrons. The Morgan fingerprint density at radius 2 is 2.00 bits per heavy atom. The maximum absolute atomic E-state index is 12.3. The summed E-state index contributed by atoms with van der Waals surface area (Å²) in [6.07, 6.45) is 6.17. The molecule has 1 aliphatic rings. The van der Waals surface area contributed by atoms with Crippen molar-refractivity contribution in [3.05, 3.63) is 24.0 Å². The van der Waals surface area contributed by atoms with E-state index in [9.17, 15) is 4.79 Å². The molecule has 0 spiro atoms. The van der Waals surface area contributed by atoms with Crippen molar-refractivity contribution in [2.24, 2.45) is 5.41 Å². The molecule has 1 aliphatic heterocycles. The lowest BCUT2D eigenvalue weighted by Crippen LogP contribution is -2.43. The monoisotopic (exact) mass is 261 g/mol. The van der Waals surface area contributed by atoms with Crippen molar-refractivity contribution in [3.8, 4) is 0 Å². The molecule has 1 aromatic heterocycles. The molecule has 4 heteroatoms. The maximum Gasteiger partial charge on any atom is 0.272 e. The number of nitrogens with two attached hydrogens (primary N) is 1. The van der Waals surface area contributed by atoms with Gasteiger partial charge in [-0.2, -0.15) is 0 Å². The highest BCUT2D eigenvalue weighted by molar-refractivity contribution is 5.93. The van der Waals surface area contributed by atoms with Crippen molar-refractivity contribution in [1.82, 2.24) is 9.88 Å². The number of nitrogens with zero attached hydrogens (tertiary/aromatic N) is 2. The lowest BCUT2D eigenvalue weighted by molar-refractivity contribution is 0.0552. The van der Waals surface area contributed by atoms with E-state index in [1.165, 1.54) is 12.8 Å². The number of aromatic nitrogens is 1. The number of piperidine rings is 1. The van der Waals surface area contributed by atoms with E-state index in [2.05, 4.69) is 18.8 Å². The van der Waals surface area contributed by atoms with Crippen LogP contribution in [0.3, 0.4) is 0 Å². The van der Waals surface area contributed by atoms with Crippen LogP contribution in [0.15, 0.2) is 18.3 Å². The molecule has 0 unspecified atom stereocenters. The van der Waals surface area contributed by atoms with Crippen LogP contribution in [-0.2, 0) is 0 Å². The summed E-state index contributed by atoms with van der Waals surface area (Å²) < 4.78 is 0. The number of likely N-dealkylation sites (tertiary alicyclic amines) is 1. The molecule has 1 saturated heterocycles. The van der Waals surface area contributed by atoms with Crippen molar-refractivity contribution in [3.63, 3.8) is 0 Å². The number of carbonyl (C=O) groups excluding carboxylic acids is 1. The van der Waals surface area contributed by atoms with Gasteiger partial charge in [-0.25, -0.2) is 0 Å². The second kappa shape index (κ2) is 5.59. The zero-order chi connectivity index (χ0) is 13.9. The molecule has 2 N–H and O–H groups in total. The number of anilines is 1. The molecule has 0 bridgehead atoms. The first kappa shape index (κ1) is 13.8. The number of nitrogen functional groups attached to an aromatic ring is 1. The number of amides is 1. The second-order valence-electron chi connectivity index (χ2n) is 5.47. The van der Waals surface area contributed by atoms with Gasteiger partial charge in [0.1, 0.15) is 5.69 Å². The molecule has 1 amide bonds. The minimum Gasteiger partial charge on any atom is -0.399 e. The van der Waals surface area contributed by atoms with Gasteiger partial charge in [0.2, 0.25) is 0 Å². The highest BCUT2D eigenvalue weighted by Gasteiger charge is 2.33. The normalized spacial score (nSPS) is 18.3. The number of rotatable bonds is 3. The standard InChI is InChI=1S/C15H23N3O/c1-3-15(4-2)6-9-18(10-7-15)14(19)13-11-12(16)5-8-17-13/h5,8,11H,3-4,6-7,9-10H2,1-2H3,(H2,16,17). The highest BCUT2D eigenvalue weighted by atomic mass is 16.2. The van der Waals surface area contributed by atoms with Gasteiger partial charge in [-0.15, -0.1) is 0 Å². The van der Waals surface area contributed by atoms with Gasteiger partial charge in [-0.3, -0.25) is 9.78 Å². The van der Waals surface area contributed by atoms with Gasteiger partial charge in [0.15, 0.2) is 0 Å². The predicted molar refractivity (Wildman–Crippen MR) is 76.8 cm³/mol. The highest BCUT2D eigenvalue weighted by Crippen LogP contribution is 2.38. The summed E-state index contributed by atoms with van der Waals surface area (Å²) in [6.45, 7) is 6.16. The van der Waals surface area contributed by atoms with E-state index >= 15 is 0 Å². The fourth-order valence-electron chi connectivity index (χ4n) is 2.87. The summed E-state index contributed by atoms with van der Waals surface area (Å²) in [5, 5.41) is 0. The lowest BCUT2D eigenvalue weighted by atomic mass is 9.74. The molecule has 0 aliphatic carbocycles. The van der Waals surface area contributed by atoms with Crippen LogP contribution in [0, 0.1) is 5.41 Å². The minimum atomic E-state index is 0.00751. The third-order valence-corrected chi connectivity index (χ3v) is 4.61. The first-order valence-electron chi connectivity index (χ1n) is 7.11. The molecule has 0 atom stereocenters. The van der Waals surface area contributed by atoms with Gasteiger partial charge in [0.25, 0.3) is 5.91 Å². The Bertz CT molecular complexity index is 444. The average molecular weight is 261 g/mol. The third kappa shape index (κ3) is 2.88. The third-order valence-electron chi connectivity index (χ3n) is 4.61. The maximum atomic E-state index is 12.3. The minimum absolute atomic E-state index is 0.00751. The molecule has 19 heavy (non-hydrogen) atoms. The van der Waals surface area contributed by atoms with Crippen LogP contribution >= 0.6 is 0 Å². The zero-order valence-corrected chi connectivity index (χ0v) is 11.9. The van der Waals surface area contributed by atoms with Crippen molar-refractivity contribution in [1.29, 1.82) is 0 Å². The Balaban J connectivity index is 2.04. The Hall–Kier alpha value is -1.58. The molecule has 2 rings (SSSR count). The molecule has 1 aromatic rings. The summed E-state index contributed by atoms with van der Waals surface area (Å²) >= 11 is 0. The van der Waals surface area contributed by atoms with Crippen LogP contribution in [-0.4, -0.2) is 28.9 Å². The first-order valence-corrected chi connectivity index (χ1v) is 7.11. The number of hydrogen-bond donors (Lipinski definition) is 1. The molecule has 0 aromatic carbocycles. The van der Waals surface area contributed by atoms with E-state index in [4.69, 9.17) is 5.73 Å². The number of pyridine rings is 1. The van der Waals surface area contributed by atoms with E-state index in [0.717, 1.165) is 25.9 Å². The van der Waals surface area contributed by atoms with E-state index in [1.54, 1.807) is 18.3 Å². The molecule has 2 heterocycles. The molecular formula is C15H23N3O. The predicted octanol–water partition coefficient (Wildman–Crippen LogP) is 2.71. The van der Waals surface area contributed by atoms with Crippen LogP contribution in [0.4, 0.5) is 5.69 Å². The number of hydrogen-bond acceptors (Lipinski definition) is 3. The average Bonchev–Trinajstić information content (AvgIpc) is 2.46. The quantitative estimate of drug-likeness (QED) is 0.910. The van der Waals surface area contributed by atoms with E-state index < -0.39 is 0 Å². The van der Waals surface area contributed by atoms with Crippen LogP contribution in [0.2, 0.25) is 0 Å². The van der Waals surface area contributed by atoms with E-state index in [1.807, 2.05) is 4.90 Å². The molecule has 104 valence electrons. The van der Waals surface area contributed by atoms with E-state index in [-0.39, 0.29) is 5.91 Å². The van der Waals surface area contributed by atoms with Gasteiger partial charge in [0.05, 0.1) is 0 Å². The summed E-state index contributed by atoms with van der Waals surface area (Å²) in [4.78, 5) is 18.4. The van der Waals surface area contributed by atoms with Crippen molar-refractivity contribution < 1.29 is 4.79 Å². The van der Waals surface area contributed by atoms with E-state index in [0.29, 0.717) is 16.8 Å². The molecule has 1 fully saturated rings. The van der Waals surface area contributed by atoms with Crippen molar-refractivity contribution in [2.45, 2.75) is 39.5 Å². The van der Waals surface area contributed by atoms with Crippen LogP contribution in [0.5, 0.6) is 0 Å². The SMILES string of the molecule is CCC1(CC)CCN(C(=O)c2cc(N)ccn2)CC1. The zero-order valence-electron chi connectivity index (χ0n) is 11.9. The summed E-state index contributed by atoms with van der Waals surface area (Å²) in [5.41, 5.74) is 7.18. The Morgan fingerprint density at radius 1 is 1.37 bits per heavy atom. The van der Waals surface area contributed by atoms with Gasteiger partial charge in [-0.05, 0) is 30.4 Å². The summed E-state index contributed by atoms with van der Waals surface area (Å²) in [6, 6.07) is 3.36. The Labute approximate surface area is 115 Å². The van der Waals surface area contributed by atoms with Crippen molar-refractivity contribution >= 4 is 11.6 Å². The molecule has 0 saturated carbocycles. The van der Waals surface area contributed by atoms with Crippen LogP contribution < -0.4 is 5.73 Å². The Kier molecular flexibility index (Phi) is 4.08. The topological polar surface area (TPSA) is 59.2 Å². The lowest BCUT2D eigenvalue weighted by Gasteiger charge is -2.40.